The number of para-hydroxylation sites is 2. The SMILES string of the molecule is COc1ccccc1N1CC[NH+]([C@H]2CC[C@H](C)C2)CC1. The molecular formula is C17H27N2O+. The Balaban J connectivity index is 1.61. The number of piperazine rings is 1. The molecule has 1 aromatic carbocycles. The number of hydrogen-bond acceptors (Lipinski definition) is 2. The molecule has 1 aliphatic carbocycles. The maximum Gasteiger partial charge on any atom is 0.142 e. The molecule has 20 heavy (non-hydrogen) atoms. The summed E-state index contributed by atoms with van der Waals surface area (Å²) in [5.74, 6) is 1.95. The summed E-state index contributed by atoms with van der Waals surface area (Å²) in [6, 6.07) is 9.32. The Bertz CT molecular complexity index is 440. The molecule has 2 aliphatic rings. The number of rotatable bonds is 3. The van der Waals surface area contributed by atoms with Gasteiger partial charge >= 0.3 is 0 Å². The second-order valence-corrected chi connectivity index (χ2v) is 6.43. The van der Waals surface area contributed by atoms with Crippen molar-refractivity contribution in [2.45, 2.75) is 32.2 Å². The van der Waals surface area contributed by atoms with E-state index in [-0.39, 0.29) is 0 Å². The van der Waals surface area contributed by atoms with Crippen molar-refractivity contribution >= 4 is 5.69 Å². The highest BCUT2D eigenvalue weighted by Crippen LogP contribution is 2.28. The van der Waals surface area contributed by atoms with Gasteiger partial charge in [-0.2, -0.15) is 0 Å². The first-order valence-corrected chi connectivity index (χ1v) is 8.00. The van der Waals surface area contributed by atoms with E-state index in [2.05, 4.69) is 30.0 Å². The van der Waals surface area contributed by atoms with Crippen LogP contribution in [-0.4, -0.2) is 39.3 Å². The number of ether oxygens (including phenoxy) is 1. The number of nitrogens with one attached hydrogen (secondary N) is 1. The van der Waals surface area contributed by atoms with Gasteiger partial charge in [-0.05, 0) is 30.9 Å². The smallest absolute Gasteiger partial charge is 0.142 e. The molecule has 110 valence electrons. The topological polar surface area (TPSA) is 16.9 Å². The van der Waals surface area contributed by atoms with Crippen LogP contribution in [0.25, 0.3) is 0 Å². The van der Waals surface area contributed by atoms with Crippen molar-refractivity contribution in [3.05, 3.63) is 24.3 Å². The second kappa shape index (κ2) is 6.04. The zero-order valence-corrected chi connectivity index (χ0v) is 12.8. The summed E-state index contributed by atoms with van der Waals surface area (Å²) in [7, 11) is 1.76. The third kappa shape index (κ3) is 2.78. The molecule has 1 heterocycles. The van der Waals surface area contributed by atoms with Crippen LogP contribution in [0.1, 0.15) is 26.2 Å². The Morgan fingerprint density at radius 3 is 2.55 bits per heavy atom. The van der Waals surface area contributed by atoms with Crippen LogP contribution in [0, 0.1) is 5.92 Å². The number of nitrogens with zero attached hydrogens (tertiary/aromatic N) is 1. The van der Waals surface area contributed by atoms with Crippen molar-refractivity contribution in [1.29, 1.82) is 0 Å². The molecule has 2 atom stereocenters. The summed E-state index contributed by atoms with van der Waals surface area (Å²) < 4.78 is 5.49. The number of hydrogen-bond donors (Lipinski definition) is 1. The van der Waals surface area contributed by atoms with Crippen molar-refractivity contribution in [2.75, 3.05) is 38.2 Å². The molecule has 0 bridgehead atoms. The van der Waals surface area contributed by atoms with Gasteiger partial charge in [-0.15, -0.1) is 0 Å². The number of methoxy groups -OCH3 is 1. The first-order chi connectivity index (χ1) is 9.78. The number of anilines is 1. The molecule has 0 aromatic heterocycles. The maximum atomic E-state index is 5.49. The summed E-state index contributed by atoms with van der Waals surface area (Å²) in [4.78, 5) is 4.32. The van der Waals surface area contributed by atoms with Crippen LogP contribution in [0.3, 0.4) is 0 Å². The molecule has 3 nitrogen and oxygen atoms in total. The Labute approximate surface area is 122 Å². The molecule has 0 spiro atoms. The standard InChI is InChI=1S/C17H26N2O/c1-14-7-8-15(13-14)18-9-11-19(12-10-18)16-5-3-4-6-17(16)20-2/h3-6,14-15H,7-13H2,1-2H3/p+1/t14-,15-/m0/s1. The van der Waals surface area contributed by atoms with Gasteiger partial charge in [0.2, 0.25) is 0 Å². The Hall–Kier alpha value is -1.22. The van der Waals surface area contributed by atoms with E-state index in [0.29, 0.717) is 0 Å². The minimum absolute atomic E-state index is 0.921. The third-order valence-corrected chi connectivity index (χ3v) is 5.10. The highest BCUT2D eigenvalue weighted by atomic mass is 16.5. The fraction of sp³-hybridized carbons (Fsp3) is 0.647. The van der Waals surface area contributed by atoms with E-state index in [0.717, 1.165) is 30.8 Å². The average Bonchev–Trinajstić information content (AvgIpc) is 2.94. The predicted octanol–water partition coefficient (Wildman–Crippen LogP) is 1.59. The lowest BCUT2D eigenvalue weighted by Gasteiger charge is -2.37. The van der Waals surface area contributed by atoms with Gasteiger partial charge in [-0.3, -0.25) is 0 Å². The largest absolute Gasteiger partial charge is 0.495 e. The van der Waals surface area contributed by atoms with Crippen LogP contribution >= 0.6 is 0 Å². The zero-order chi connectivity index (χ0) is 13.9. The van der Waals surface area contributed by atoms with Crippen molar-refractivity contribution < 1.29 is 9.64 Å². The first-order valence-electron chi connectivity index (χ1n) is 8.00. The molecule has 1 aliphatic heterocycles. The third-order valence-electron chi connectivity index (χ3n) is 5.10. The molecule has 1 saturated carbocycles. The predicted molar refractivity (Wildman–Crippen MR) is 82.7 cm³/mol. The molecular weight excluding hydrogens is 248 g/mol. The number of quaternary nitrogens is 1. The van der Waals surface area contributed by atoms with Gasteiger partial charge in [0.25, 0.3) is 0 Å². The summed E-state index contributed by atoms with van der Waals surface area (Å²) in [6.07, 6.45) is 4.31. The Morgan fingerprint density at radius 1 is 1.15 bits per heavy atom. The fourth-order valence-corrected chi connectivity index (χ4v) is 3.91. The lowest BCUT2D eigenvalue weighted by Crippen LogP contribution is -3.18. The maximum absolute atomic E-state index is 5.49. The van der Waals surface area contributed by atoms with E-state index in [1.165, 1.54) is 38.0 Å². The molecule has 2 fully saturated rings. The Morgan fingerprint density at radius 2 is 1.90 bits per heavy atom. The minimum Gasteiger partial charge on any atom is -0.495 e. The van der Waals surface area contributed by atoms with Gasteiger partial charge in [-0.25, -0.2) is 0 Å². The molecule has 0 unspecified atom stereocenters. The van der Waals surface area contributed by atoms with Gasteiger partial charge < -0.3 is 14.5 Å². The van der Waals surface area contributed by atoms with Crippen LogP contribution < -0.4 is 14.5 Å². The van der Waals surface area contributed by atoms with Crippen molar-refractivity contribution in [3.63, 3.8) is 0 Å². The lowest BCUT2D eigenvalue weighted by molar-refractivity contribution is -0.925. The van der Waals surface area contributed by atoms with Crippen LogP contribution in [0.5, 0.6) is 5.75 Å². The molecule has 0 amide bonds. The summed E-state index contributed by atoms with van der Waals surface area (Å²) in [5.41, 5.74) is 1.26. The first kappa shape index (κ1) is 13.7. The quantitative estimate of drug-likeness (QED) is 0.902. The fourth-order valence-electron chi connectivity index (χ4n) is 3.91. The van der Waals surface area contributed by atoms with E-state index in [9.17, 15) is 0 Å². The summed E-state index contributed by atoms with van der Waals surface area (Å²) in [5, 5.41) is 0. The highest BCUT2D eigenvalue weighted by molar-refractivity contribution is 5.58. The molecule has 1 N–H and O–H groups in total. The minimum atomic E-state index is 0.921. The van der Waals surface area contributed by atoms with Crippen LogP contribution in [0.4, 0.5) is 5.69 Å². The normalized spacial score (nSPS) is 27.8. The number of benzene rings is 1. The van der Waals surface area contributed by atoms with E-state index in [4.69, 9.17) is 4.74 Å². The van der Waals surface area contributed by atoms with Gasteiger partial charge in [0, 0.05) is 6.42 Å². The van der Waals surface area contributed by atoms with Crippen molar-refractivity contribution in [2.24, 2.45) is 5.92 Å². The van der Waals surface area contributed by atoms with Crippen molar-refractivity contribution in [1.82, 2.24) is 0 Å². The summed E-state index contributed by atoms with van der Waals surface area (Å²) in [6.45, 7) is 7.26. The van der Waals surface area contributed by atoms with Gasteiger partial charge in [0.15, 0.2) is 0 Å². The lowest BCUT2D eigenvalue weighted by atomic mass is 10.1. The van der Waals surface area contributed by atoms with E-state index in [1.807, 2.05) is 11.0 Å². The van der Waals surface area contributed by atoms with Crippen molar-refractivity contribution in [3.8, 4) is 5.75 Å². The molecule has 3 heteroatoms. The van der Waals surface area contributed by atoms with E-state index >= 15 is 0 Å². The molecule has 1 saturated heterocycles. The second-order valence-electron chi connectivity index (χ2n) is 6.43. The molecule has 0 radical (unpaired) electrons. The summed E-state index contributed by atoms with van der Waals surface area (Å²) >= 11 is 0. The monoisotopic (exact) mass is 275 g/mol. The van der Waals surface area contributed by atoms with E-state index in [1.54, 1.807) is 7.11 Å². The molecule has 3 rings (SSSR count). The average molecular weight is 275 g/mol. The van der Waals surface area contributed by atoms with Crippen LogP contribution in [0.2, 0.25) is 0 Å². The highest BCUT2D eigenvalue weighted by Gasteiger charge is 2.32. The Kier molecular flexibility index (Phi) is 4.16. The van der Waals surface area contributed by atoms with E-state index < -0.39 is 0 Å². The van der Waals surface area contributed by atoms with Gasteiger partial charge in [0.1, 0.15) is 5.75 Å². The zero-order valence-electron chi connectivity index (χ0n) is 12.8. The van der Waals surface area contributed by atoms with Crippen LogP contribution in [0.15, 0.2) is 24.3 Å². The van der Waals surface area contributed by atoms with Gasteiger partial charge in [0.05, 0.1) is 45.0 Å². The van der Waals surface area contributed by atoms with Gasteiger partial charge in [-0.1, -0.05) is 19.1 Å². The van der Waals surface area contributed by atoms with Crippen LogP contribution in [-0.2, 0) is 0 Å². The molecule has 1 aromatic rings.